The van der Waals surface area contributed by atoms with Gasteiger partial charge >= 0.3 is 0 Å². The zero-order chi connectivity index (χ0) is 16.6. The summed E-state index contributed by atoms with van der Waals surface area (Å²) in [7, 11) is 0. The lowest BCUT2D eigenvalue weighted by Gasteiger charge is -2.07. The highest BCUT2D eigenvalue weighted by molar-refractivity contribution is 6.01. The number of nitrogens with zero attached hydrogens (tertiary/aromatic N) is 1. The first kappa shape index (κ1) is 15.5. The van der Waals surface area contributed by atoms with Crippen molar-refractivity contribution in [3.63, 3.8) is 0 Å². The zero-order valence-electron chi connectivity index (χ0n) is 13.0. The molecule has 0 fully saturated rings. The van der Waals surface area contributed by atoms with E-state index in [1.54, 1.807) is 12.3 Å². The molecule has 4 heteroatoms. The maximum Gasteiger partial charge on any atom is 0.248 e. The first-order valence-electron chi connectivity index (χ1n) is 7.62. The minimum absolute atomic E-state index is 0.190. The van der Waals surface area contributed by atoms with Gasteiger partial charge in [0.1, 0.15) is 0 Å². The van der Waals surface area contributed by atoms with Crippen molar-refractivity contribution in [2.24, 2.45) is 0 Å². The minimum atomic E-state index is -0.190. The summed E-state index contributed by atoms with van der Waals surface area (Å²) in [5.74, 6) is -0.190. The summed E-state index contributed by atoms with van der Waals surface area (Å²) in [4.78, 5) is 16.1. The maximum absolute atomic E-state index is 11.9. The quantitative estimate of drug-likeness (QED) is 0.683. The predicted molar refractivity (Wildman–Crippen MR) is 98.1 cm³/mol. The maximum atomic E-state index is 11.9. The summed E-state index contributed by atoms with van der Waals surface area (Å²) in [6.45, 7) is 0. The molecule has 0 saturated heterocycles. The van der Waals surface area contributed by atoms with Crippen molar-refractivity contribution in [1.82, 2.24) is 4.98 Å². The molecule has 3 rings (SSSR count). The molecule has 1 amide bonds. The molecule has 24 heavy (non-hydrogen) atoms. The summed E-state index contributed by atoms with van der Waals surface area (Å²) < 4.78 is 0. The first-order chi connectivity index (χ1) is 11.8. The normalized spacial score (nSPS) is 10.5. The van der Waals surface area contributed by atoms with Crippen LogP contribution in [-0.2, 0) is 4.79 Å². The Labute approximate surface area is 140 Å². The molecule has 0 atom stereocenters. The molecule has 3 aromatic rings. The van der Waals surface area contributed by atoms with E-state index in [9.17, 15) is 4.79 Å². The van der Waals surface area contributed by atoms with E-state index in [-0.39, 0.29) is 5.91 Å². The monoisotopic (exact) mass is 315 g/mol. The van der Waals surface area contributed by atoms with Gasteiger partial charge in [0.2, 0.25) is 5.91 Å². The van der Waals surface area contributed by atoms with Crippen molar-refractivity contribution in [2.75, 3.05) is 10.6 Å². The molecule has 0 spiro atoms. The number of rotatable bonds is 5. The van der Waals surface area contributed by atoms with Gasteiger partial charge in [-0.05, 0) is 54.6 Å². The number of para-hydroxylation sites is 1. The van der Waals surface area contributed by atoms with Crippen LogP contribution in [0.3, 0.4) is 0 Å². The number of hydrogen-bond donors (Lipinski definition) is 2. The van der Waals surface area contributed by atoms with Crippen molar-refractivity contribution in [2.45, 2.75) is 0 Å². The van der Waals surface area contributed by atoms with Gasteiger partial charge in [-0.3, -0.25) is 9.78 Å². The van der Waals surface area contributed by atoms with E-state index in [0.29, 0.717) is 0 Å². The van der Waals surface area contributed by atoms with E-state index in [2.05, 4.69) is 15.6 Å². The van der Waals surface area contributed by atoms with E-state index in [1.807, 2.05) is 72.8 Å². The van der Waals surface area contributed by atoms with Gasteiger partial charge in [0.25, 0.3) is 0 Å². The second-order valence-electron chi connectivity index (χ2n) is 5.15. The fourth-order valence-electron chi connectivity index (χ4n) is 2.14. The van der Waals surface area contributed by atoms with Crippen LogP contribution >= 0.6 is 0 Å². The number of aromatic nitrogens is 1. The van der Waals surface area contributed by atoms with Gasteiger partial charge in [-0.15, -0.1) is 0 Å². The van der Waals surface area contributed by atoms with E-state index in [0.717, 1.165) is 22.8 Å². The number of anilines is 3. The van der Waals surface area contributed by atoms with E-state index in [4.69, 9.17) is 0 Å². The second-order valence-corrected chi connectivity index (χ2v) is 5.15. The molecule has 0 radical (unpaired) electrons. The number of amides is 1. The number of benzene rings is 2. The highest BCUT2D eigenvalue weighted by Crippen LogP contribution is 2.18. The summed E-state index contributed by atoms with van der Waals surface area (Å²) in [5.41, 5.74) is 3.47. The third kappa shape index (κ3) is 4.55. The van der Waals surface area contributed by atoms with Gasteiger partial charge in [-0.25, -0.2) is 0 Å². The van der Waals surface area contributed by atoms with Gasteiger partial charge in [-0.1, -0.05) is 24.3 Å². The molecule has 1 heterocycles. The number of carbonyl (C=O) groups is 1. The van der Waals surface area contributed by atoms with Crippen molar-refractivity contribution in [3.8, 4) is 0 Å². The summed E-state index contributed by atoms with van der Waals surface area (Å²) in [5, 5.41) is 6.12. The first-order valence-corrected chi connectivity index (χ1v) is 7.62. The average molecular weight is 315 g/mol. The van der Waals surface area contributed by atoms with Crippen molar-refractivity contribution in [3.05, 3.63) is 90.8 Å². The predicted octanol–water partition coefficient (Wildman–Crippen LogP) is 4.48. The van der Waals surface area contributed by atoms with Crippen LogP contribution in [0.1, 0.15) is 5.69 Å². The Morgan fingerprint density at radius 2 is 1.46 bits per heavy atom. The Bertz CT molecular complexity index is 813. The summed E-state index contributed by atoms with van der Waals surface area (Å²) in [6.07, 6.45) is 4.84. The minimum Gasteiger partial charge on any atom is -0.356 e. The fourth-order valence-corrected chi connectivity index (χ4v) is 2.14. The Balaban J connectivity index is 1.58. The lowest BCUT2D eigenvalue weighted by atomic mass is 10.2. The second kappa shape index (κ2) is 7.74. The number of carbonyl (C=O) groups excluding carboxylic acids is 1. The molecular formula is C20H17N3O. The van der Waals surface area contributed by atoms with Crippen LogP contribution in [0.5, 0.6) is 0 Å². The smallest absolute Gasteiger partial charge is 0.248 e. The van der Waals surface area contributed by atoms with Crippen LogP contribution in [0, 0.1) is 0 Å². The molecule has 0 saturated carbocycles. The molecule has 4 nitrogen and oxygen atoms in total. The SMILES string of the molecule is O=C(/C=C/c1ccccn1)Nc1ccc(Nc2ccccc2)cc1. The fraction of sp³-hybridized carbons (Fsp3) is 0. The third-order valence-electron chi connectivity index (χ3n) is 3.31. The van der Waals surface area contributed by atoms with Gasteiger partial charge in [0.05, 0.1) is 5.69 Å². The van der Waals surface area contributed by atoms with Gasteiger partial charge in [-0.2, -0.15) is 0 Å². The molecular weight excluding hydrogens is 298 g/mol. The van der Waals surface area contributed by atoms with E-state index in [1.165, 1.54) is 6.08 Å². The standard InChI is InChI=1S/C20H17N3O/c24-20(14-13-16-6-4-5-15-21-16)23-19-11-9-18(10-12-19)22-17-7-2-1-3-8-17/h1-15,22H,(H,23,24)/b14-13+. The van der Waals surface area contributed by atoms with Crippen molar-refractivity contribution >= 4 is 29.0 Å². The molecule has 2 aromatic carbocycles. The summed E-state index contributed by atoms with van der Waals surface area (Å²) >= 11 is 0. The average Bonchev–Trinajstić information content (AvgIpc) is 2.63. The molecule has 0 aliphatic carbocycles. The lowest BCUT2D eigenvalue weighted by Crippen LogP contribution is -2.07. The highest BCUT2D eigenvalue weighted by atomic mass is 16.1. The Hall–Kier alpha value is -3.40. The highest BCUT2D eigenvalue weighted by Gasteiger charge is 1.99. The van der Waals surface area contributed by atoms with E-state index < -0.39 is 0 Å². The number of hydrogen-bond acceptors (Lipinski definition) is 3. The van der Waals surface area contributed by atoms with Gasteiger partial charge < -0.3 is 10.6 Å². The number of nitrogens with one attached hydrogen (secondary N) is 2. The van der Waals surface area contributed by atoms with Crippen LogP contribution in [0.4, 0.5) is 17.1 Å². The zero-order valence-corrected chi connectivity index (χ0v) is 13.0. The van der Waals surface area contributed by atoms with Crippen LogP contribution in [0.2, 0.25) is 0 Å². The van der Waals surface area contributed by atoms with Crippen molar-refractivity contribution in [1.29, 1.82) is 0 Å². The largest absolute Gasteiger partial charge is 0.356 e. The Morgan fingerprint density at radius 3 is 2.17 bits per heavy atom. The molecule has 1 aromatic heterocycles. The van der Waals surface area contributed by atoms with Crippen LogP contribution < -0.4 is 10.6 Å². The lowest BCUT2D eigenvalue weighted by molar-refractivity contribution is -0.111. The Kier molecular flexibility index (Phi) is 5.00. The number of pyridine rings is 1. The van der Waals surface area contributed by atoms with Gasteiger partial charge in [0.15, 0.2) is 0 Å². The van der Waals surface area contributed by atoms with Crippen LogP contribution in [-0.4, -0.2) is 10.9 Å². The molecule has 0 unspecified atom stereocenters. The molecule has 0 bridgehead atoms. The summed E-state index contributed by atoms with van der Waals surface area (Å²) in [6, 6.07) is 23.0. The molecule has 0 aliphatic rings. The van der Waals surface area contributed by atoms with E-state index >= 15 is 0 Å². The van der Waals surface area contributed by atoms with Crippen molar-refractivity contribution < 1.29 is 4.79 Å². The topological polar surface area (TPSA) is 54.0 Å². The molecule has 0 aliphatic heterocycles. The van der Waals surface area contributed by atoms with Gasteiger partial charge in [0, 0.05) is 29.3 Å². The molecule has 118 valence electrons. The third-order valence-corrected chi connectivity index (χ3v) is 3.31. The Morgan fingerprint density at radius 1 is 0.792 bits per heavy atom. The molecule has 2 N–H and O–H groups in total. The van der Waals surface area contributed by atoms with Crippen LogP contribution in [0.15, 0.2) is 85.1 Å². The van der Waals surface area contributed by atoms with Crippen LogP contribution in [0.25, 0.3) is 6.08 Å².